The molecule has 1 heterocycles. The maximum Gasteiger partial charge on any atom is 0.168 e. The highest BCUT2D eigenvalue weighted by atomic mass is 79.9. The number of pyridine rings is 1. The normalized spacial score (nSPS) is 10.1. The predicted octanol–water partition coefficient (Wildman–Crippen LogP) is 3.87. The van der Waals surface area contributed by atoms with Crippen LogP contribution in [0, 0.1) is 0 Å². The molecule has 1 aromatic heterocycles. The van der Waals surface area contributed by atoms with Crippen molar-refractivity contribution in [3.63, 3.8) is 0 Å². The predicted molar refractivity (Wildman–Crippen MR) is 67.9 cm³/mol. The second kappa shape index (κ2) is 4.72. The summed E-state index contributed by atoms with van der Waals surface area (Å²) in [6, 6.07) is 7.00. The van der Waals surface area contributed by atoms with Gasteiger partial charge in [0.1, 0.15) is 5.75 Å². The van der Waals surface area contributed by atoms with Crippen molar-refractivity contribution in [3.8, 4) is 11.5 Å². The van der Waals surface area contributed by atoms with E-state index in [9.17, 15) is 0 Å². The minimum atomic E-state index is 0.448. The Bertz CT molecular complexity index is 499. The van der Waals surface area contributed by atoms with E-state index in [1.165, 1.54) is 0 Å². The molecule has 0 radical (unpaired) electrons. The Labute approximate surface area is 106 Å². The summed E-state index contributed by atoms with van der Waals surface area (Å²) in [5.74, 6) is 1.03. The molecule has 0 amide bonds. The van der Waals surface area contributed by atoms with Gasteiger partial charge in [-0.1, -0.05) is 17.7 Å². The summed E-state index contributed by atoms with van der Waals surface area (Å²) >= 11 is 9.29. The summed E-state index contributed by atoms with van der Waals surface area (Å²) in [5.41, 5.74) is 6.26. The van der Waals surface area contributed by atoms with E-state index in [0.717, 1.165) is 4.47 Å². The molecule has 2 N–H and O–H groups in total. The lowest BCUT2D eigenvalue weighted by atomic mass is 10.3. The van der Waals surface area contributed by atoms with Crippen molar-refractivity contribution in [2.24, 2.45) is 0 Å². The van der Waals surface area contributed by atoms with E-state index in [2.05, 4.69) is 20.9 Å². The first-order valence-corrected chi connectivity index (χ1v) is 5.66. The lowest BCUT2D eigenvalue weighted by Gasteiger charge is -2.09. The first kappa shape index (κ1) is 11.2. The van der Waals surface area contributed by atoms with Gasteiger partial charge in [-0.3, -0.25) is 4.98 Å². The average molecular weight is 300 g/mol. The van der Waals surface area contributed by atoms with E-state index in [-0.39, 0.29) is 0 Å². The molecular formula is C11H8BrClN2O. The highest BCUT2D eigenvalue weighted by Crippen LogP contribution is 2.34. The molecule has 2 rings (SSSR count). The number of halogens is 2. The van der Waals surface area contributed by atoms with Crippen molar-refractivity contribution >= 4 is 33.2 Å². The molecule has 0 saturated heterocycles. The van der Waals surface area contributed by atoms with Crippen molar-refractivity contribution in [3.05, 3.63) is 46.2 Å². The summed E-state index contributed by atoms with van der Waals surface area (Å²) in [5, 5.41) is 0.472. The van der Waals surface area contributed by atoms with Crippen molar-refractivity contribution in [1.29, 1.82) is 0 Å². The number of rotatable bonds is 2. The maximum absolute atomic E-state index is 5.98. The van der Waals surface area contributed by atoms with Gasteiger partial charge in [0, 0.05) is 10.7 Å². The van der Waals surface area contributed by atoms with Gasteiger partial charge in [0.2, 0.25) is 0 Å². The number of nitrogens with zero attached hydrogens (tertiary/aromatic N) is 1. The third-order valence-corrected chi connectivity index (χ3v) is 2.63. The fourth-order valence-corrected chi connectivity index (χ4v) is 1.76. The summed E-state index contributed by atoms with van der Waals surface area (Å²) in [6.07, 6.45) is 3.26. The van der Waals surface area contributed by atoms with Crippen LogP contribution in [0.2, 0.25) is 5.02 Å². The van der Waals surface area contributed by atoms with Gasteiger partial charge in [-0.25, -0.2) is 0 Å². The molecule has 1 aromatic carbocycles. The van der Waals surface area contributed by atoms with Crippen molar-refractivity contribution in [2.75, 3.05) is 5.73 Å². The fourth-order valence-electron chi connectivity index (χ4n) is 1.20. The van der Waals surface area contributed by atoms with Crippen LogP contribution in [0.15, 0.2) is 41.1 Å². The zero-order valence-corrected chi connectivity index (χ0v) is 10.5. The highest BCUT2D eigenvalue weighted by molar-refractivity contribution is 9.10. The summed E-state index contributed by atoms with van der Waals surface area (Å²) in [4.78, 5) is 3.98. The van der Waals surface area contributed by atoms with Crippen LogP contribution in [-0.4, -0.2) is 4.98 Å². The van der Waals surface area contributed by atoms with Crippen LogP contribution < -0.4 is 10.5 Å². The number of para-hydroxylation sites is 1. The Balaban J connectivity index is 2.34. The van der Waals surface area contributed by atoms with Crippen LogP contribution in [0.4, 0.5) is 5.69 Å². The summed E-state index contributed by atoms with van der Waals surface area (Å²) in [7, 11) is 0. The SMILES string of the molecule is Nc1cccc(Cl)c1Oc1cncc(Br)c1. The number of nitrogen functional groups attached to an aromatic ring is 1. The number of nitrogens with two attached hydrogens (primary N) is 1. The number of benzene rings is 1. The molecule has 2 aromatic rings. The summed E-state index contributed by atoms with van der Waals surface area (Å²) in [6.45, 7) is 0. The quantitative estimate of drug-likeness (QED) is 0.856. The molecule has 0 spiro atoms. The number of aromatic nitrogens is 1. The van der Waals surface area contributed by atoms with Gasteiger partial charge in [-0.2, -0.15) is 0 Å². The van der Waals surface area contributed by atoms with E-state index in [1.807, 2.05) is 0 Å². The second-order valence-electron chi connectivity index (χ2n) is 3.10. The van der Waals surface area contributed by atoms with Gasteiger partial charge >= 0.3 is 0 Å². The van der Waals surface area contributed by atoms with Crippen LogP contribution >= 0.6 is 27.5 Å². The van der Waals surface area contributed by atoms with Crippen molar-refractivity contribution in [2.45, 2.75) is 0 Å². The molecule has 16 heavy (non-hydrogen) atoms. The van der Waals surface area contributed by atoms with E-state index in [1.54, 1.807) is 36.7 Å². The first-order chi connectivity index (χ1) is 7.66. The van der Waals surface area contributed by atoms with Crippen LogP contribution in [0.25, 0.3) is 0 Å². The smallest absolute Gasteiger partial charge is 0.168 e. The maximum atomic E-state index is 5.98. The third kappa shape index (κ3) is 2.46. The zero-order valence-electron chi connectivity index (χ0n) is 8.15. The van der Waals surface area contributed by atoms with Gasteiger partial charge < -0.3 is 10.5 Å². The van der Waals surface area contributed by atoms with E-state index in [0.29, 0.717) is 22.2 Å². The first-order valence-electron chi connectivity index (χ1n) is 4.49. The number of ether oxygens (including phenoxy) is 1. The average Bonchev–Trinajstić information content (AvgIpc) is 2.24. The van der Waals surface area contributed by atoms with Crippen molar-refractivity contribution in [1.82, 2.24) is 4.98 Å². The molecule has 0 aliphatic heterocycles. The van der Waals surface area contributed by atoms with Crippen LogP contribution in [0.1, 0.15) is 0 Å². The monoisotopic (exact) mass is 298 g/mol. The van der Waals surface area contributed by atoms with E-state index in [4.69, 9.17) is 22.1 Å². The van der Waals surface area contributed by atoms with Gasteiger partial charge in [0.05, 0.1) is 16.9 Å². The molecule has 3 nitrogen and oxygen atoms in total. The molecule has 0 atom stereocenters. The lowest BCUT2D eigenvalue weighted by Crippen LogP contribution is -1.93. The van der Waals surface area contributed by atoms with Crippen LogP contribution in [0.3, 0.4) is 0 Å². The third-order valence-electron chi connectivity index (χ3n) is 1.90. The van der Waals surface area contributed by atoms with E-state index >= 15 is 0 Å². The van der Waals surface area contributed by atoms with Gasteiger partial charge in [0.25, 0.3) is 0 Å². The largest absolute Gasteiger partial charge is 0.452 e. The lowest BCUT2D eigenvalue weighted by molar-refractivity contribution is 0.482. The summed E-state index contributed by atoms with van der Waals surface area (Å²) < 4.78 is 6.40. The van der Waals surface area contributed by atoms with Crippen LogP contribution in [-0.2, 0) is 0 Å². The highest BCUT2D eigenvalue weighted by Gasteiger charge is 2.07. The molecule has 82 valence electrons. The topological polar surface area (TPSA) is 48.1 Å². The van der Waals surface area contributed by atoms with Crippen molar-refractivity contribution < 1.29 is 4.74 Å². The molecule has 5 heteroatoms. The number of hydrogen-bond acceptors (Lipinski definition) is 3. The van der Waals surface area contributed by atoms with Gasteiger partial charge in [-0.05, 0) is 34.1 Å². The fraction of sp³-hybridized carbons (Fsp3) is 0. The molecule has 0 saturated carbocycles. The van der Waals surface area contributed by atoms with Crippen LogP contribution in [0.5, 0.6) is 11.5 Å². The Morgan fingerprint density at radius 2 is 2.12 bits per heavy atom. The molecule has 0 aliphatic carbocycles. The van der Waals surface area contributed by atoms with E-state index < -0.39 is 0 Å². The number of hydrogen-bond donors (Lipinski definition) is 1. The minimum absolute atomic E-state index is 0.448. The minimum Gasteiger partial charge on any atom is -0.452 e. The number of anilines is 1. The Kier molecular flexibility index (Phi) is 3.31. The zero-order chi connectivity index (χ0) is 11.5. The van der Waals surface area contributed by atoms with Gasteiger partial charge in [-0.15, -0.1) is 0 Å². The standard InChI is InChI=1S/C11H8BrClN2O/c12-7-4-8(6-15-5-7)16-11-9(13)2-1-3-10(11)14/h1-6H,14H2. The van der Waals surface area contributed by atoms with Gasteiger partial charge in [0.15, 0.2) is 5.75 Å². The molecular weight excluding hydrogens is 291 g/mol. The molecule has 0 bridgehead atoms. The molecule has 0 aliphatic rings. The second-order valence-corrected chi connectivity index (χ2v) is 4.42. The Hall–Kier alpha value is -1.26. The molecule has 0 fully saturated rings. The Morgan fingerprint density at radius 1 is 1.31 bits per heavy atom. The Morgan fingerprint density at radius 3 is 2.81 bits per heavy atom. The molecule has 0 unspecified atom stereocenters.